The van der Waals surface area contributed by atoms with Crippen LogP contribution in [0.5, 0.6) is 17.2 Å². The molecule has 2 unspecified atom stereocenters. The first-order valence-corrected chi connectivity index (χ1v) is 20.6. The molecular weight excluding hydrogens is 751 g/mol. The summed E-state index contributed by atoms with van der Waals surface area (Å²) in [6, 6.07) is 22.7. The van der Waals surface area contributed by atoms with Gasteiger partial charge in [-0.05, 0) is 106 Å². The third-order valence-electron chi connectivity index (χ3n) is 12.7. The molecule has 15 nitrogen and oxygen atoms in total. The standard InChI is InChI=1S/C44H45N9O6/c45-40-38-39(26-8-14-31(15-9-26)58-30-6-2-1-3-7-30)49-53(41(38)47-25-46-40)29-5-4-20-50(22-29)27-10-12-28(13-11-27)51-23-33(24-51)59-32-16-17-34-35(21-32)44(57)52(43(34)56)36-18-19-37(54)48-42(36)55/h1-3,6-9,14-17,21,25,27-29,33,36H,4-5,10-13,18-20,22-24H2,(H2,45,46,47)(H,48,54,55). The van der Waals surface area contributed by atoms with E-state index in [4.69, 9.17) is 25.3 Å². The summed E-state index contributed by atoms with van der Waals surface area (Å²) in [5.74, 6) is 0.391. The Balaban J connectivity index is 0.741. The largest absolute Gasteiger partial charge is 0.488 e. The van der Waals surface area contributed by atoms with Gasteiger partial charge in [-0.15, -0.1) is 0 Å². The van der Waals surface area contributed by atoms with Crippen molar-refractivity contribution in [2.24, 2.45) is 0 Å². The Hall–Kier alpha value is -6.19. The quantitative estimate of drug-likeness (QED) is 0.192. The Bertz CT molecular complexity index is 2440. The fraction of sp³-hybridized carbons (Fsp3) is 0.386. The lowest BCUT2D eigenvalue weighted by molar-refractivity contribution is -0.136. The van der Waals surface area contributed by atoms with Gasteiger partial charge < -0.3 is 15.2 Å². The van der Waals surface area contributed by atoms with Crippen molar-refractivity contribution in [2.45, 2.75) is 81.6 Å². The number of hydrogen-bond donors (Lipinski definition) is 2. The van der Waals surface area contributed by atoms with Crippen LogP contribution in [0.2, 0.25) is 0 Å². The Kier molecular flexibility index (Phi) is 9.56. The van der Waals surface area contributed by atoms with E-state index < -0.39 is 29.7 Å². The second-order valence-corrected chi connectivity index (χ2v) is 16.3. The molecule has 59 heavy (non-hydrogen) atoms. The third kappa shape index (κ3) is 6.97. The number of aromatic nitrogens is 4. The van der Waals surface area contributed by atoms with Crippen LogP contribution in [0.15, 0.2) is 79.1 Å². The molecule has 0 spiro atoms. The molecule has 4 fully saturated rings. The lowest BCUT2D eigenvalue weighted by atomic mass is 9.86. The normalized spacial score (nSPS) is 24.2. The van der Waals surface area contributed by atoms with Crippen LogP contribution in [-0.4, -0.2) is 108 Å². The number of carbonyl (C=O) groups is 4. The van der Waals surface area contributed by atoms with Crippen LogP contribution >= 0.6 is 0 Å². The number of ether oxygens (including phenoxy) is 2. The number of nitrogens with one attached hydrogen (secondary N) is 1. The highest BCUT2D eigenvalue weighted by molar-refractivity contribution is 6.23. The number of fused-ring (bicyclic) bond motifs is 2. The minimum Gasteiger partial charge on any atom is -0.488 e. The van der Waals surface area contributed by atoms with Gasteiger partial charge in [0.2, 0.25) is 11.8 Å². The molecule has 3 N–H and O–H groups in total. The second-order valence-electron chi connectivity index (χ2n) is 16.3. The zero-order chi connectivity index (χ0) is 40.2. The average Bonchev–Trinajstić information content (AvgIpc) is 3.75. The van der Waals surface area contributed by atoms with E-state index in [-0.39, 0.29) is 36.1 Å². The van der Waals surface area contributed by atoms with Crippen molar-refractivity contribution in [1.29, 1.82) is 0 Å². The van der Waals surface area contributed by atoms with Crippen LogP contribution < -0.4 is 20.5 Å². The van der Waals surface area contributed by atoms with Crippen molar-refractivity contribution in [2.75, 3.05) is 31.9 Å². The highest BCUT2D eigenvalue weighted by Crippen LogP contribution is 2.38. The summed E-state index contributed by atoms with van der Waals surface area (Å²) in [7, 11) is 0. The van der Waals surface area contributed by atoms with Crippen molar-refractivity contribution in [3.8, 4) is 28.5 Å². The number of likely N-dealkylation sites (tertiary alicyclic amines) is 2. The fourth-order valence-corrected chi connectivity index (χ4v) is 9.62. The molecule has 2 atom stereocenters. The molecular formula is C44H45N9O6. The minimum absolute atomic E-state index is 0.0146. The van der Waals surface area contributed by atoms with E-state index in [1.54, 1.807) is 18.2 Å². The molecule has 302 valence electrons. The number of amides is 4. The van der Waals surface area contributed by atoms with Gasteiger partial charge in [-0.3, -0.25) is 39.2 Å². The molecule has 5 aromatic rings. The number of rotatable bonds is 9. The predicted molar refractivity (Wildman–Crippen MR) is 217 cm³/mol. The van der Waals surface area contributed by atoms with Crippen LogP contribution in [0.25, 0.3) is 22.3 Å². The fourth-order valence-electron chi connectivity index (χ4n) is 9.62. The van der Waals surface area contributed by atoms with E-state index in [0.29, 0.717) is 23.7 Å². The van der Waals surface area contributed by atoms with Gasteiger partial charge in [-0.2, -0.15) is 5.10 Å². The second kappa shape index (κ2) is 15.2. The first-order chi connectivity index (χ1) is 28.8. The van der Waals surface area contributed by atoms with Crippen molar-refractivity contribution >= 4 is 40.5 Å². The van der Waals surface area contributed by atoms with Crippen LogP contribution in [0.4, 0.5) is 5.82 Å². The molecule has 6 heterocycles. The Morgan fingerprint density at radius 1 is 0.712 bits per heavy atom. The van der Waals surface area contributed by atoms with Gasteiger partial charge >= 0.3 is 0 Å². The molecule has 3 aromatic carbocycles. The first kappa shape index (κ1) is 37.1. The highest BCUT2D eigenvalue weighted by atomic mass is 16.5. The zero-order valence-electron chi connectivity index (χ0n) is 32.5. The Labute approximate surface area is 340 Å². The summed E-state index contributed by atoms with van der Waals surface area (Å²) >= 11 is 0. The van der Waals surface area contributed by atoms with E-state index in [9.17, 15) is 19.2 Å². The summed E-state index contributed by atoms with van der Waals surface area (Å²) in [4.78, 5) is 65.6. The molecule has 15 heteroatoms. The van der Waals surface area contributed by atoms with Gasteiger partial charge in [-0.25, -0.2) is 14.6 Å². The topological polar surface area (TPSA) is 178 Å². The Morgan fingerprint density at radius 3 is 2.19 bits per heavy atom. The molecule has 4 amide bonds. The maximum Gasteiger partial charge on any atom is 0.262 e. The van der Waals surface area contributed by atoms with Gasteiger partial charge in [0, 0.05) is 43.7 Å². The van der Waals surface area contributed by atoms with Crippen molar-refractivity contribution in [3.63, 3.8) is 0 Å². The number of benzene rings is 3. The Morgan fingerprint density at radius 2 is 1.42 bits per heavy atom. The van der Waals surface area contributed by atoms with Gasteiger partial charge in [0.1, 0.15) is 47.2 Å². The molecule has 4 aliphatic heterocycles. The number of imide groups is 2. The number of anilines is 1. The zero-order valence-corrected chi connectivity index (χ0v) is 32.5. The smallest absolute Gasteiger partial charge is 0.262 e. The monoisotopic (exact) mass is 795 g/mol. The number of para-hydroxylation sites is 1. The molecule has 3 saturated heterocycles. The van der Waals surface area contributed by atoms with Gasteiger partial charge in [-0.1, -0.05) is 18.2 Å². The van der Waals surface area contributed by atoms with E-state index in [1.165, 1.54) is 6.33 Å². The van der Waals surface area contributed by atoms with E-state index in [1.807, 2.05) is 54.6 Å². The highest BCUT2D eigenvalue weighted by Gasteiger charge is 2.45. The summed E-state index contributed by atoms with van der Waals surface area (Å²) in [5.41, 5.74) is 9.42. The van der Waals surface area contributed by atoms with Crippen molar-refractivity contribution in [3.05, 3.63) is 90.3 Å². The van der Waals surface area contributed by atoms with E-state index in [0.717, 1.165) is 103 Å². The summed E-state index contributed by atoms with van der Waals surface area (Å²) in [6.45, 7) is 3.57. The minimum atomic E-state index is -0.993. The van der Waals surface area contributed by atoms with Crippen LogP contribution in [0.3, 0.4) is 0 Å². The molecule has 1 saturated carbocycles. The lowest BCUT2D eigenvalue weighted by Crippen LogP contribution is -2.59. The lowest BCUT2D eigenvalue weighted by Gasteiger charge is -2.48. The predicted octanol–water partition coefficient (Wildman–Crippen LogP) is 4.98. The molecule has 0 bridgehead atoms. The number of piperidine rings is 2. The maximum atomic E-state index is 13.3. The number of carbonyl (C=O) groups excluding carboxylic acids is 4. The SMILES string of the molecule is Nc1ncnc2c1c(-c1ccc(Oc3ccccc3)cc1)nn2C1CCCN(C2CCC(N3CC(Oc4ccc5c(c4)C(=O)N(C4CCC(=O)NC4=O)C5=O)C3)CC2)C1. The van der Waals surface area contributed by atoms with Crippen LogP contribution in [0.1, 0.15) is 78.1 Å². The molecule has 1 aliphatic carbocycles. The van der Waals surface area contributed by atoms with Crippen LogP contribution in [-0.2, 0) is 9.59 Å². The summed E-state index contributed by atoms with van der Waals surface area (Å²) in [6.07, 6.45) is 8.29. The van der Waals surface area contributed by atoms with Gasteiger partial charge in [0.15, 0.2) is 5.65 Å². The third-order valence-corrected chi connectivity index (χ3v) is 12.7. The maximum absolute atomic E-state index is 13.3. The molecule has 0 radical (unpaired) electrons. The number of nitrogen functional groups attached to an aromatic ring is 1. The number of nitrogens with two attached hydrogens (primary N) is 1. The first-order valence-electron chi connectivity index (χ1n) is 20.6. The number of hydrogen-bond acceptors (Lipinski definition) is 12. The molecule has 2 aromatic heterocycles. The van der Waals surface area contributed by atoms with E-state index in [2.05, 4.69) is 24.8 Å². The van der Waals surface area contributed by atoms with Crippen LogP contribution in [0, 0.1) is 0 Å². The number of nitrogens with zero attached hydrogens (tertiary/aromatic N) is 7. The van der Waals surface area contributed by atoms with Gasteiger partial charge in [0.05, 0.1) is 22.6 Å². The summed E-state index contributed by atoms with van der Waals surface area (Å²) in [5, 5.41) is 8.18. The van der Waals surface area contributed by atoms with E-state index >= 15 is 0 Å². The molecule has 5 aliphatic rings. The van der Waals surface area contributed by atoms with Crippen molar-refractivity contribution < 1.29 is 28.7 Å². The summed E-state index contributed by atoms with van der Waals surface area (Å²) < 4.78 is 14.4. The van der Waals surface area contributed by atoms with Gasteiger partial charge in [0.25, 0.3) is 11.8 Å². The average molecular weight is 796 g/mol. The van der Waals surface area contributed by atoms with Crippen molar-refractivity contribution in [1.82, 2.24) is 39.8 Å². The molecule has 10 rings (SSSR count).